The summed E-state index contributed by atoms with van der Waals surface area (Å²) in [4.78, 5) is 28.9. The minimum atomic E-state index is -4.13. The third-order valence-electron chi connectivity index (χ3n) is 6.58. The van der Waals surface area contributed by atoms with Gasteiger partial charge < -0.3 is 15.0 Å². The van der Waals surface area contributed by atoms with Crippen LogP contribution >= 0.6 is 0 Å². The molecule has 0 spiro atoms. The molecule has 41 heavy (non-hydrogen) atoms. The van der Waals surface area contributed by atoms with Crippen LogP contribution in [0.15, 0.2) is 77.7 Å². The molecule has 0 bridgehead atoms. The maximum absolute atomic E-state index is 14.1. The second kappa shape index (κ2) is 14.2. The van der Waals surface area contributed by atoms with Crippen molar-refractivity contribution in [1.82, 2.24) is 10.2 Å². The molecule has 9 heteroatoms. The lowest BCUT2D eigenvalue weighted by Gasteiger charge is -2.33. The Bertz CT molecular complexity index is 1420. The van der Waals surface area contributed by atoms with E-state index in [1.165, 1.54) is 17.0 Å². The number of nitrogens with one attached hydrogen (secondary N) is 1. The first-order valence-electron chi connectivity index (χ1n) is 13.9. The number of carbonyl (C=O) groups excluding carboxylic acids is 2. The molecule has 220 valence electrons. The van der Waals surface area contributed by atoms with Gasteiger partial charge in [-0.2, -0.15) is 0 Å². The summed E-state index contributed by atoms with van der Waals surface area (Å²) in [7, 11) is -4.13. The molecule has 0 aliphatic rings. The largest absolute Gasteiger partial charge is 0.494 e. The van der Waals surface area contributed by atoms with Crippen molar-refractivity contribution in [2.75, 3.05) is 17.5 Å². The first-order chi connectivity index (χ1) is 19.5. The predicted octanol–water partition coefficient (Wildman–Crippen LogP) is 5.23. The number of hydrogen-bond donors (Lipinski definition) is 1. The number of hydrogen-bond acceptors (Lipinski definition) is 5. The summed E-state index contributed by atoms with van der Waals surface area (Å²) in [6, 6.07) is 19.9. The summed E-state index contributed by atoms with van der Waals surface area (Å²) in [6.45, 7) is 11.4. The van der Waals surface area contributed by atoms with Crippen molar-refractivity contribution in [3.63, 3.8) is 0 Å². The fourth-order valence-corrected chi connectivity index (χ4v) is 5.96. The Morgan fingerprint density at radius 2 is 1.56 bits per heavy atom. The van der Waals surface area contributed by atoms with Gasteiger partial charge in [-0.1, -0.05) is 54.4 Å². The number of benzene rings is 3. The Kier molecular flexibility index (Phi) is 10.9. The second-order valence-electron chi connectivity index (χ2n) is 10.3. The van der Waals surface area contributed by atoms with Crippen molar-refractivity contribution in [1.29, 1.82) is 0 Å². The number of carbonyl (C=O) groups is 2. The van der Waals surface area contributed by atoms with Crippen molar-refractivity contribution in [2.45, 2.75) is 71.5 Å². The Balaban J connectivity index is 2.07. The summed E-state index contributed by atoms with van der Waals surface area (Å²) >= 11 is 0. The molecule has 8 nitrogen and oxygen atoms in total. The number of nitrogens with zero attached hydrogens (tertiary/aromatic N) is 2. The monoisotopic (exact) mass is 579 g/mol. The normalized spacial score (nSPS) is 12.1. The highest BCUT2D eigenvalue weighted by molar-refractivity contribution is 7.92. The van der Waals surface area contributed by atoms with Gasteiger partial charge in [-0.3, -0.25) is 13.9 Å². The third-order valence-corrected chi connectivity index (χ3v) is 8.36. The molecule has 0 aliphatic carbocycles. The van der Waals surface area contributed by atoms with Crippen LogP contribution in [0.25, 0.3) is 0 Å². The summed E-state index contributed by atoms with van der Waals surface area (Å²) in [5, 5.41) is 2.91. The van der Waals surface area contributed by atoms with Gasteiger partial charge in [-0.25, -0.2) is 8.42 Å². The molecule has 0 radical (unpaired) electrons. The zero-order valence-corrected chi connectivity index (χ0v) is 25.6. The lowest BCUT2D eigenvalue weighted by Crippen LogP contribution is -2.53. The van der Waals surface area contributed by atoms with Gasteiger partial charge in [0, 0.05) is 12.6 Å². The molecule has 1 N–H and O–H groups in total. The van der Waals surface area contributed by atoms with Gasteiger partial charge in [0.05, 0.1) is 17.2 Å². The number of anilines is 1. The first kappa shape index (κ1) is 31.7. The van der Waals surface area contributed by atoms with Crippen LogP contribution in [0.2, 0.25) is 0 Å². The topological polar surface area (TPSA) is 96.0 Å². The molecule has 0 unspecified atom stereocenters. The van der Waals surface area contributed by atoms with E-state index in [9.17, 15) is 18.0 Å². The van der Waals surface area contributed by atoms with E-state index in [4.69, 9.17) is 4.74 Å². The Labute approximate surface area is 244 Å². The summed E-state index contributed by atoms with van der Waals surface area (Å²) in [5.74, 6) is -0.174. The van der Waals surface area contributed by atoms with Crippen molar-refractivity contribution in [2.24, 2.45) is 0 Å². The van der Waals surface area contributed by atoms with Crippen molar-refractivity contribution < 1.29 is 22.7 Å². The molecule has 0 aromatic heterocycles. The fraction of sp³-hybridized carbons (Fsp3) is 0.375. The van der Waals surface area contributed by atoms with Crippen LogP contribution < -0.4 is 14.4 Å². The molecular formula is C32H41N3O5S. The van der Waals surface area contributed by atoms with Crippen LogP contribution in [-0.4, -0.2) is 50.4 Å². The molecule has 0 fully saturated rings. The van der Waals surface area contributed by atoms with E-state index in [0.29, 0.717) is 24.5 Å². The molecule has 2 amide bonds. The molecular weight excluding hydrogens is 538 g/mol. The zero-order valence-electron chi connectivity index (χ0n) is 24.8. The van der Waals surface area contributed by atoms with Crippen molar-refractivity contribution in [3.8, 4) is 5.75 Å². The van der Waals surface area contributed by atoms with Crippen LogP contribution in [-0.2, 0) is 26.2 Å². The Morgan fingerprint density at radius 3 is 2.12 bits per heavy atom. The lowest BCUT2D eigenvalue weighted by atomic mass is 10.1. The maximum atomic E-state index is 14.1. The number of amides is 2. The molecule has 0 heterocycles. The van der Waals surface area contributed by atoms with Crippen LogP contribution in [0.3, 0.4) is 0 Å². The molecule has 3 rings (SSSR count). The lowest BCUT2D eigenvalue weighted by molar-refractivity contribution is -0.140. The SMILES string of the molecule is CCOc1ccc(N(CC(=O)N(Cc2cccc(C)c2)[C@H](CC)C(=O)NC(C)C)S(=O)(=O)c2ccc(C)cc2)cc1. The third kappa shape index (κ3) is 8.33. The zero-order chi connectivity index (χ0) is 30.2. The Morgan fingerprint density at radius 1 is 0.902 bits per heavy atom. The maximum Gasteiger partial charge on any atom is 0.264 e. The van der Waals surface area contributed by atoms with Gasteiger partial charge in [-0.05, 0) is 83.0 Å². The van der Waals surface area contributed by atoms with E-state index in [-0.39, 0.29) is 23.4 Å². The van der Waals surface area contributed by atoms with E-state index in [1.807, 2.05) is 65.8 Å². The van der Waals surface area contributed by atoms with Crippen LogP contribution in [0.5, 0.6) is 5.75 Å². The van der Waals surface area contributed by atoms with Crippen molar-refractivity contribution >= 4 is 27.5 Å². The first-order valence-corrected chi connectivity index (χ1v) is 15.4. The Hall–Kier alpha value is -3.85. The van der Waals surface area contributed by atoms with Crippen molar-refractivity contribution in [3.05, 3.63) is 89.5 Å². The van der Waals surface area contributed by atoms with E-state index in [0.717, 1.165) is 21.0 Å². The van der Waals surface area contributed by atoms with Gasteiger partial charge in [0.15, 0.2) is 0 Å². The van der Waals surface area contributed by atoms with Crippen LogP contribution in [0.4, 0.5) is 5.69 Å². The number of aryl methyl sites for hydroxylation is 2. The molecule has 3 aromatic rings. The van der Waals surface area contributed by atoms with E-state index in [1.54, 1.807) is 36.4 Å². The van der Waals surface area contributed by atoms with Crippen LogP contribution in [0, 0.1) is 13.8 Å². The van der Waals surface area contributed by atoms with E-state index < -0.39 is 28.5 Å². The summed E-state index contributed by atoms with van der Waals surface area (Å²) in [5.41, 5.74) is 3.10. The van der Waals surface area contributed by atoms with Gasteiger partial charge in [0.25, 0.3) is 10.0 Å². The van der Waals surface area contributed by atoms with Gasteiger partial charge in [0.1, 0.15) is 18.3 Å². The highest BCUT2D eigenvalue weighted by Crippen LogP contribution is 2.27. The van der Waals surface area contributed by atoms with Gasteiger partial charge >= 0.3 is 0 Å². The smallest absolute Gasteiger partial charge is 0.264 e. The average molecular weight is 580 g/mol. The minimum absolute atomic E-state index is 0.0691. The second-order valence-corrected chi connectivity index (χ2v) is 12.2. The van der Waals surface area contributed by atoms with Crippen LogP contribution in [0.1, 0.15) is 50.8 Å². The summed E-state index contributed by atoms with van der Waals surface area (Å²) < 4.78 is 34.6. The van der Waals surface area contributed by atoms with Gasteiger partial charge in [0.2, 0.25) is 11.8 Å². The standard InChI is InChI=1S/C32H41N3O5S/c1-7-30(32(37)33-23(3)4)34(21-26-11-9-10-25(6)20-26)31(36)22-35(27-14-16-28(17-15-27)40-8-2)41(38,39)29-18-12-24(5)13-19-29/h9-20,23,30H,7-8,21-22H2,1-6H3,(H,33,37)/t30-/m1/s1. The summed E-state index contributed by atoms with van der Waals surface area (Å²) in [6.07, 6.45) is 0.365. The quantitative estimate of drug-likeness (QED) is 0.299. The number of sulfonamides is 1. The van der Waals surface area contributed by atoms with Gasteiger partial charge in [-0.15, -0.1) is 0 Å². The molecule has 0 saturated heterocycles. The molecule has 3 aromatic carbocycles. The molecule has 1 atom stereocenters. The van der Waals surface area contributed by atoms with E-state index >= 15 is 0 Å². The fourth-order valence-electron chi connectivity index (χ4n) is 4.55. The predicted molar refractivity (Wildman–Crippen MR) is 162 cm³/mol. The molecule has 0 saturated carbocycles. The average Bonchev–Trinajstić information content (AvgIpc) is 2.92. The van der Waals surface area contributed by atoms with E-state index in [2.05, 4.69) is 5.32 Å². The highest BCUT2D eigenvalue weighted by Gasteiger charge is 2.33. The highest BCUT2D eigenvalue weighted by atomic mass is 32.2. The minimum Gasteiger partial charge on any atom is -0.494 e. The number of ether oxygens (including phenoxy) is 1. The molecule has 0 aliphatic heterocycles. The number of rotatable bonds is 13.